The summed E-state index contributed by atoms with van der Waals surface area (Å²) >= 11 is 0. The first kappa shape index (κ1) is 23.4. The molecule has 8 rings (SSSR count). The molecule has 0 unspecified atom stereocenters. The van der Waals surface area contributed by atoms with Crippen LogP contribution in [0.3, 0.4) is 0 Å². The minimum absolute atomic E-state index is 0.252. The molecule has 1 aromatic heterocycles. The van der Waals surface area contributed by atoms with Crippen molar-refractivity contribution in [2.24, 2.45) is 4.99 Å². The van der Waals surface area contributed by atoms with E-state index in [1.54, 1.807) is 6.21 Å². The molecule has 3 nitrogen and oxygen atoms in total. The Balaban J connectivity index is 1.33. The third kappa shape index (κ3) is 3.75. The topological polar surface area (TPSA) is 41.1 Å². The molecule has 0 bridgehead atoms. The third-order valence-electron chi connectivity index (χ3n) is 8.07. The number of aromatic nitrogens is 1. The normalized spacial score (nSPS) is 11.9. The maximum atomic E-state index is 8.66. The molecule has 0 aliphatic heterocycles. The van der Waals surface area contributed by atoms with E-state index in [4.69, 9.17) is 5.41 Å². The van der Waals surface area contributed by atoms with Crippen molar-refractivity contribution in [1.82, 2.24) is 4.57 Å². The van der Waals surface area contributed by atoms with Crippen molar-refractivity contribution in [3.05, 3.63) is 151 Å². The lowest BCUT2D eigenvalue weighted by Crippen LogP contribution is -1.97. The molecule has 0 spiro atoms. The van der Waals surface area contributed by atoms with Crippen molar-refractivity contribution >= 4 is 66.2 Å². The van der Waals surface area contributed by atoms with Crippen LogP contribution in [0.15, 0.2) is 145 Å². The number of aliphatic imine (C=N–C) groups is 1. The average molecular weight is 524 g/mol. The molecule has 0 fully saturated rings. The molecule has 0 aliphatic carbocycles. The quantitative estimate of drug-likeness (QED) is 0.136. The number of fused-ring (bicyclic) bond motifs is 9. The van der Waals surface area contributed by atoms with E-state index in [2.05, 4.69) is 113 Å². The molecule has 0 atom stereocenters. The van der Waals surface area contributed by atoms with Gasteiger partial charge < -0.3 is 4.57 Å². The molecular weight excluding hydrogens is 498 g/mol. The first-order valence-corrected chi connectivity index (χ1v) is 13.8. The van der Waals surface area contributed by atoms with E-state index in [1.807, 2.05) is 36.4 Å². The molecule has 7 aromatic carbocycles. The lowest BCUT2D eigenvalue weighted by atomic mass is 9.93. The number of hydrogen-bond donors (Lipinski definition) is 1. The molecule has 0 saturated carbocycles. The minimum atomic E-state index is 0.252. The molecule has 8 aromatic rings. The summed E-state index contributed by atoms with van der Waals surface area (Å²) in [5, 5.41) is 18.3. The number of rotatable bonds is 3. The van der Waals surface area contributed by atoms with Crippen LogP contribution in [0.4, 0.5) is 0 Å². The first-order chi connectivity index (χ1) is 20.3. The Hall–Kier alpha value is -5.54. The maximum absolute atomic E-state index is 8.66. The molecular formula is C38H25N3. The van der Waals surface area contributed by atoms with Gasteiger partial charge >= 0.3 is 0 Å². The van der Waals surface area contributed by atoms with Crippen molar-refractivity contribution < 1.29 is 0 Å². The fourth-order valence-corrected chi connectivity index (χ4v) is 6.18. The summed E-state index contributed by atoms with van der Waals surface area (Å²) in [4.78, 5) is 4.46. The smallest absolute Gasteiger partial charge is 0.151 e. The van der Waals surface area contributed by atoms with Crippen molar-refractivity contribution in [3.63, 3.8) is 0 Å². The van der Waals surface area contributed by atoms with E-state index in [0.29, 0.717) is 0 Å². The van der Waals surface area contributed by atoms with Crippen molar-refractivity contribution in [2.75, 3.05) is 0 Å². The Morgan fingerprint density at radius 3 is 1.66 bits per heavy atom. The molecule has 0 radical (unpaired) electrons. The number of benzene rings is 7. The molecule has 0 saturated heterocycles. The lowest BCUT2D eigenvalue weighted by Gasteiger charge is -2.14. The Labute approximate surface area is 237 Å². The Kier molecular flexibility index (Phi) is 5.29. The SMILES string of the molecule is N=C(N=Cc1ccccc1)c1ccc2c3ccc(-n4c5ccccc5c5ccccc54)cc3c3ccccc3c2c1. The zero-order chi connectivity index (χ0) is 27.3. The first-order valence-electron chi connectivity index (χ1n) is 13.8. The summed E-state index contributed by atoms with van der Waals surface area (Å²) < 4.78 is 2.37. The van der Waals surface area contributed by atoms with Crippen LogP contribution in [0.25, 0.3) is 59.8 Å². The monoisotopic (exact) mass is 523 g/mol. The minimum Gasteiger partial charge on any atom is -0.309 e. The van der Waals surface area contributed by atoms with Gasteiger partial charge in [-0.25, -0.2) is 4.99 Å². The van der Waals surface area contributed by atoms with Crippen molar-refractivity contribution in [3.8, 4) is 5.69 Å². The highest BCUT2D eigenvalue weighted by molar-refractivity contribution is 6.26. The molecule has 0 amide bonds. The van der Waals surface area contributed by atoms with E-state index < -0.39 is 0 Å². The van der Waals surface area contributed by atoms with Gasteiger partial charge in [-0.05, 0) is 68.2 Å². The summed E-state index contributed by atoms with van der Waals surface area (Å²) in [7, 11) is 0. The molecule has 1 heterocycles. The zero-order valence-electron chi connectivity index (χ0n) is 22.3. The van der Waals surface area contributed by atoms with Crippen LogP contribution in [0, 0.1) is 5.41 Å². The largest absolute Gasteiger partial charge is 0.309 e. The van der Waals surface area contributed by atoms with Gasteiger partial charge in [0.05, 0.1) is 11.0 Å². The summed E-state index contributed by atoms with van der Waals surface area (Å²) in [5.74, 6) is 0.252. The number of nitrogens with one attached hydrogen (secondary N) is 1. The molecule has 3 heteroatoms. The van der Waals surface area contributed by atoms with Crippen LogP contribution in [0.1, 0.15) is 11.1 Å². The average Bonchev–Trinajstić information content (AvgIpc) is 3.38. The highest BCUT2D eigenvalue weighted by Gasteiger charge is 2.15. The van der Waals surface area contributed by atoms with Crippen LogP contribution in [0.2, 0.25) is 0 Å². The highest BCUT2D eigenvalue weighted by atomic mass is 15.0. The van der Waals surface area contributed by atoms with Crippen LogP contribution >= 0.6 is 0 Å². The number of nitrogens with zero attached hydrogens (tertiary/aromatic N) is 2. The summed E-state index contributed by atoms with van der Waals surface area (Å²) in [6.07, 6.45) is 1.75. The second-order valence-corrected chi connectivity index (χ2v) is 10.4. The van der Waals surface area contributed by atoms with Crippen molar-refractivity contribution in [2.45, 2.75) is 0 Å². The van der Waals surface area contributed by atoms with Crippen molar-refractivity contribution in [1.29, 1.82) is 5.41 Å². The number of para-hydroxylation sites is 2. The Morgan fingerprint density at radius 2 is 1.00 bits per heavy atom. The van der Waals surface area contributed by atoms with E-state index in [0.717, 1.165) is 22.2 Å². The maximum Gasteiger partial charge on any atom is 0.151 e. The molecule has 192 valence electrons. The predicted molar refractivity (Wildman–Crippen MR) is 174 cm³/mol. The lowest BCUT2D eigenvalue weighted by molar-refractivity contribution is 1.19. The van der Waals surface area contributed by atoms with Gasteiger partial charge in [0, 0.05) is 28.2 Å². The van der Waals surface area contributed by atoms with Crippen LogP contribution in [-0.2, 0) is 0 Å². The Morgan fingerprint density at radius 1 is 0.488 bits per heavy atom. The van der Waals surface area contributed by atoms with Crippen LogP contribution in [0.5, 0.6) is 0 Å². The highest BCUT2D eigenvalue weighted by Crippen LogP contribution is 2.38. The zero-order valence-corrected chi connectivity index (χ0v) is 22.3. The summed E-state index contributed by atoms with van der Waals surface area (Å²) in [5.41, 5.74) is 5.34. The fourth-order valence-electron chi connectivity index (χ4n) is 6.18. The van der Waals surface area contributed by atoms with Gasteiger partial charge in [0.2, 0.25) is 0 Å². The van der Waals surface area contributed by atoms with E-state index in [9.17, 15) is 0 Å². The summed E-state index contributed by atoms with van der Waals surface area (Å²) in [6, 6.07) is 48.9. The number of hydrogen-bond acceptors (Lipinski definition) is 1. The summed E-state index contributed by atoms with van der Waals surface area (Å²) in [6.45, 7) is 0. The molecule has 41 heavy (non-hydrogen) atoms. The van der Waals surface area contributed by atoms with Gasteiger partial charge in [-0.2, -0.15) is 0 Å². The second kappa shape index (κ2) is 9.29. The second-order valence-electron chi connectivity index (χ2n) is 10.4. The van der Waals surface area contributed by atoms with Gasteiger partial charge in [0.15, 0.2) is 5.84 Å². The van der Waals surface area contributed by atoms with E-state index in [-0.39, 0.29) is 5.84 Å². The standard InChI is InChI=1S/C38H25N3/c39-38(40-24-25-10-2-1-3-11-25)26-18-20-30-31-21-19-27(23-35(31)29-13-5-4-12-28(29)34(30)22-26)41-36-16-8-6-14-32(36)33-15-7-9-17-37(33)41/h1-24,39H. The van der Waals surface area contributed by atoms with Gasteiger partial charge in [-0.1, -0.05) is 109 Å². The number of amidine groups is 1. The van der Waals surface area contributed by atoms with Gasteiger partial charge in [-0.3, -0.25) is 5.41 Å². The van der Waals surface area contributed by atoms with Gasteiger partial charge in [0.1, 0.15) is 0 Å². The van der Waals surface area contributed by atoms with Gasteiger partial charge in [0.25, 0.3) is 0 Å². The predicted octanol–water partition coefficient (Wildman–Crippen LogP) is 9.69. The Bertz CT molecular complexity index is 2250. The molecule has 0 aliphatic rings. The van der Waals surface area contributed by atoms with E-state index >= 15 is 0 Å². The molecule has 1 N–H and O–H groups in total. The van der Waals surface area contributed by atoms with E-state index in [1.165, 1.54) is 48.7 Å². The third-order valence-corrected chi connectivity index (χ3v) is 8.07. The van der Waals surface area contributed by atoms with Crippen LogP contribution < -0.4 is 0 Å². The van der Waals surface area contributed by atoms with Gasteiger partial charge in [-0.15, -0.1) is 0 Å². The van der Waals surface area contributed by atoms with Crippen LogP contribution in [-0.4, -0.2) is 16.6 Å². The fraction of sp³-hybridized carbons (Fsp3) is 0.